The van der Waals surface area contributed by atoms with Gasteiger partial charge in [-0.1, -0.05) is 25.1 Å². The van der Waals surface area contributed by atoms with E-state index in [0.717, 1.165) is 5.56 Å². The maximum atomic E-state index is 11.8. The van der Waals surface area contributed by atoms with E-state index in [1.807, 2.05) is 32.9 Å². The molecule has 1 rings (SSSR count). The van der Waals surface area contributed by atoms with E-state index in [9.17, 15) is 4.79 Å². The topological polar surface area (TPSA) is 46.5 Å². The molecule has 0 radical (unpaired) electrons. The molecule has 0 aliphatic carbocycles. The highest BCUT2D eigenvalue weighted by Crippen LogP contribution is 2.20. The number of rotatable bonds is 4. The molecular formula is C13H18O3. The number of hydrogen-bond donors (Lipinski definition) is 1. The molecule has 0 heterocycles. The van der Waals surface area contributed by atoms with Crippen LogP contribution in [0.1, 0.15) is 42.6 Å². The average Bonchev–Trinajstić information content (AvgIpc) is 2.27. The third kappa shape index (κ3) is 3.07. The van der Waals surface area contributed by atoms with Crippen LogP contribution in [0.3, 0.4) is 0 Å². The van der Waals surface area contributed by atoms with E-state index in [1.165, 1.54) is 0 Å². The van der Waals surface area contributed by atoms with Crippen LogP contribution in [0.4, 0.5) is 0 Å². The number of carbonyl (C=O) groups is 1. The Morgan fingerprint density at radius 1 is 1.31 bits per heavy atom. The lowest BCUT2D eigenvalue weighted by molar-refractivity contribution is 0.0376. The zero-order chi connectivity index (χ0) is 12.1. The quantitative estimate of drug-likeness (QED) is 0.795. The van der Waals surface area contributed by atoms with Gasteiger partial charge >= 0.3 is 5.97 Å². The van der Waals surface area contributed by atoms with E-state index in [-0.39, 0.29) is 24.6 Å². The molecule has 88 valence electrons. The number of aliphatic hydroxyl groups excluding tert-OH is 1. The van der Waals surface area contributed by atoms with Crippen LogP contribution in [0, 0.1) is 0 Å². The summed E-state index contributed by atoms with van der Waals surface area (Å²) >= 11 is 0. The maximum absolute atomic E-state index is 11.8. The normalized spacial score (nSPS) is 12.6. The molecule has 1 atom stereocenters. The number of ether oxygens (including phenoxy) is 1. The molecule has 0 spiro atoms. The van der Waals surface area contributed by atoms with Gasteiger partial charge < -0.3 is 9.84 Å². The van der Waals surface area contributed by atoms with E-state index < -0.39 is 0 Å². The Labute approximate surface area is 96.1 Å². The fraction of sp³-hybridized carbons (Fsp3) is 0.462. The van der Waals surface area contributed by atoms with E-state index >= 15 is 0 Å². The van der Waals surface area contributed by atoms with Gasteiger partial charge in [0.2, 0.25) is 0 Å². The van der Waals surface area contributed by atoms with Crippen LogP contribution in [-0.2, 0) is 4.74 Å². The zero-order valence-electron chi connectivity index (χ0n) is 9.93. The largest absolute Gasteiger partial charge is 0.459 e. The second-order valence-corrected chi connectivity index (χ2v) is 4.12. The summed E-state index contributed by atoms with van der Waals surface area (Å²) in [6.45, 7) is 5.53. The third-order valence-corrected chi connectivity index (χ3v) is 2.33. The molecule has 0 aliphatic rings. The molecule has 0 saturated heterocycles. The summed E-state index contributed by atoms with van der Waals surface area (Å²) in [5.74, 6) is -0.387. The van der Waals surface area contributed by atoms with Crippen LogP contribution >= 0.6 is 0 Å². The highest BCUT2D eigenvalue weighted by atomic mass is 16.5. The molecule has 0 bridgehead atoms. The van der Waals surface area contributed by atoms with Gasteiger partial charge in [-0.05, 0) is 25.5 Å². The first-order chi connectivity index (χ1) is 7.56. The van der Waals surface area contributed by atoms with Gasteiger partial charge in [0.05, 0.1) is 11.7 Å². The lowest BCUT2D eigenvalue weighted by Crippen LogP contribution is -2.15. The predicted octanol–water partition coefficient (Wildman–Crippen LogP) is 2.35. The van der Waals surface area contributed by atoms with Crippen LogP contribution in [0.15, 0.2) is 24.3 Å². The average molecular weight is 222 g/mol. The van der Waals surface area contributed by atoms with Crippen molar-refractivity contribution in [1.29, 1.82) is 0 Å². The molecule has 1 N–H and O–H groups in total. The summed E-state index contributed by atoms with van der Waals surface area (Å²) in [4.78, 5) is 11.8. The van der Waals surface area contributed by atoms with Crippen molar-refractivity contribution in [1.82, 2.24) is 0 Å². The summed E-state index contributed by atoms with van der Waals surface area (Å²) in [5, 5.41) is 9.12. The molecule has 1 aromatic rings. The van der Waals surface area contributed by atoms with Crippen molar-refractivity contribution in [3.63, 3.8) is 0 Å². The summed E-state index contributed by atoms with van der Waals surface area (Å²) in [7, 11) is 0. The Hall–Kier alpha value is -1.35. The Bertz CT molecular complexity index is 358. The molecule has 0 aliphatic heterocycles. The molecule has 1 aromatic carbocycles. The van der Waals surface area contributed by atoms with Gasteiger partial charge in [0.25, 0.3) is 0 Å². The molecule has 0 saturated carbocycles. The van der Waals surface area contributed by atoms with E-state index in [1.54, 1.807) is 12.1 Å². The van der Waals surface area contributed by atoms with Crippen LogP contribution in [-0.4, -0.2) is 23.8 Å². The number of hydrogen-bond acceptors (Lipinski definition) is 3. The minimum atomic E-state index is -0.328. The Kier molecular flexibility index (Phi) is 4.50. The minimum absolute atomic E-state index is 0.0198. The van der Waals surface area contributed by atoms with Crippen molar-refractivity contribution in [2.75, 3.05) is 6.61 Å². The maximum Gasteiger partial charge on any atom is 0.338 e. The first kappa shape index (κ1) is 12.7. The summed E-state index contributed by atoms with van der Waals surface area (Å²) < 4.78 is 5.15. The molecule has 0 amide bonds. The monoisotopic (exact) mass is 222 g/mol. The predicted molar refractivity (Wildman–Crippen MR) is 62.5 cm³/mol. The van der Waals surface area contributed by atoms with Gasteiger partial charge in [-0.15, -0.1) is 0 Å². The first-order valence-corrected chi connectivity index (χ1v) is 5.47. The first-order valence-electron chi connectivity index (χ1n) is 5.47. The van der Waals surface area contributed by atoms with Crippen molar-refractivity contribution >= 4 is 5.97 Å². The summed E-state index contributed by atoms with van der Waals surface area (Å²) in [6, 6.07) is 7.22. The van der Waals surface area contributed by atoms with Gasteiger partial charge in [0, 0.05) is 12.5 Å². The molecule has 16 heavy (non-hydrogen) atoms. The summed E-state index contributed by atoms with van der Waals surface area (Å²) in [5.41, 5.74) is 1.37. The second kappa shape index (κ2) is 5.66. The number of benzene rings is 1. The Morgan fingerprint density at radius 2 is 1.94 bits per heavy atom. The number of carbonyl (C=O) groups excluding carboxylic acids is 1. The fourth-order valence-corrected chi connectivity index (χ4v) is 1.49. The van der Waals surface area contributed by atoms with Crippen molar-refractivity contribution in [2.45, 2.75) is 32.8 Å². The van der Waals surface area contributed by atoms with Gasteiger partial charge in [-0.3, -0.25) is 0 Å². The molecule has 3 heteroatoms. The Balaban J connectivity index is 2.98. The fourth-order valence-electron chi connectivity index (χ4n) is 1.49. The summed E-state index contributed by atoms with van der Waals surface area (Å²) in [6.07, 6.45) is -0.134. The molecule has 0 aromatic heterocycles. The second-order valence-electron chi connectivity index (χ2n) is 4.12. The van der Waals surface area contributed by atoms with Crippen LogP contribution in [0.25, 0.3) is 0 Å². The van der Waals surface area contributed by atoms with Crippen molar-refractivity contribution in [2.24, 2.45) is 0 Å². The van der Waals surface area contributed by atoms with Gasteiger partial charge in [-0.2, -0.15) is 0 Å². The van der Waals surface area contributed by atoms with Gasteiger partial charge in [0.15, 0.2) is 0 Å². The van der Waals surface area contributed by atoms with Crippen LogP contribution in [0.5, 0.6) is 0 Å². The third-order valence-electron chi connectivity index (χ3n) is 2.33. The molecule has 0 fully saturated rings. The lowest BCUT2D eigenvalue weighted by Gasteiger charge is -2.14. The van der Waals surface area contributed by atoms with Crippen molar-refractivity contribution in [3.8, 4) is 0 Å². The van der Waals surface area contributed by atoms with Crippen LogP contribution in [0.2, 0.25) is 0 Å². The molecule has 3 nitrogen and oxygen atoms in total. The van der Waals surface area contributed by atoms with E-state index in [2.05, 4.69) is 0 Å². The van der Waals surface area contributed by atoms with Gasteiger partial charge in [-0.25, -0.2) is 4.79 Å². The van der Waals surface area contributed by atoms with Crippen molar-refractivity contribution < 1.29 is 14.6 Å². The van der Waals surface area contributed by atoms with E-state index in [0.29, 0.717) is 5.56 Å². The van der Waals surface area contributed by atoms with Crippen molar-refractivity contribution in [3.05, 3.63) is 35.4 Å². The zero-order valence-corrected chi connectivity index (χ0v) is 9.93. The van der Waals surface area contributed by atoms with E-state index in [4.69, 9.17) is 9.84 Å². The number of esters is 1. The Morgan fingerprint density at radius 3 is 2.50 bits per heavy atom. The number of aliphatic hydroxyl groups is 1. The van der Waals surface area contributed by atoms with Gasteiger partial charge in [0.1, 0.15) is 0 Å². The molecular weight excluding hydrogens is 204 g/mol. The highest BCUT2D eigenvalue weighted by Gasteiger charge is 2.16. The minimum Gasteiger partial charge on any atom is -0.459 e. The smallest absolute Gasteiger partial charge is 0.338 e. The highest BCUT2D eigenvalue weighted by molar-refractivity contribution is 5.91. The standard InChI is InChI=1S/C13H18O3/c1-9(2)16-13(15)12-7-5-4-6-11(12)10(3)8-14/h4-7,9-10,14H,8H2,1-3H3. The lowest BCUT2D eigenvalue weighted by atomic mass is 9.96. The van der Waals surface area contributed by atoms with Crippen LogP contribution < -0.4 is 0 Å². The molecule has 1 unspecified atom stereocenters. The SMILES string of the molecule is CC(C)OC(=O)c1ccccc1C(C)CO.